The van der Waals surface area contributed by atoms with Gasteiger partial charge >= 0.3 is 0 Å². The van der Waals surface area contributed by atoms with Crippen LogP contribution in [0.1, 0.15) is 0 Å². The molecule has 1 N–H and O–H groups in total. The lowest BCUT2D eigenvalue weighted by Gasteiger charge is -2.12. The van der Waals surface area contributed by atoms with Gasteiger partial charge < -0.3 is 9.88 Å². The molecule has 0 aliphatic carbocycles. The molecule has 0 radical (unpaired) electrons. The summed E-state index contributed by atoms with van der Waals surface area (Å²) in [6.07, 6.45) is 1.80. The zero-order chi connectivity index (χ0) is 18.6. The van der Waals surface area contributed by atoms with E-state index in [1.807, 2.05) is 65.2 Å². The number of benzene rings is 3. The second kappa shape index (κ2) is 7.68. The maximum absolute atomic E-state index is 13.3. The monoisotopic (exact) mass is 376 g/mol. The minimum Gasteiger partial charge on any atom is -0.338 e. The van der Waals surface area contributed by atoms with Crippen LogP contribution in [0.15, 0.2) is 94.9 Å². The van der Waals surface area contributed by atoms with E-state index in [9.17, 15) is 9.18 Å². The van der Waals surface area contributed by atoms with E-state index in [-0.39, 0.29) is 18.3 Å². The molecule has 3 aromatic carbocycles. The van der Waals surface area contributed by atoms with Crippen molar-refractivity contribution in [2.45, 2.75) is 16.3 Å². The molecule has 1 amide bonds. The summed E-state index contributed by atoms with van der Waals surface area (Å²) < 4.78 is 15.1. The van der Waals surface area contributed by atoms with Gasteiger partial charge in [-0.15, -0.1) is 0 Å². The van der Waals surface area contributed by atoms with E-state index in [2.05, 4.69) is 5.32 Å². The Hall–Kier alpha value is -3.05. The highest BCUT2D eigenvalue weighted by molar-refractivity contribution is 7.99. The van der Waals surface area contributed by atoms with Gasteiger partial charge in [-0.2, -0.15) is 0 Å². The number of hydrogen-bond donors (Lipinski definition) is 1. The van der Waals surface area contributed by atoms with Crippen LogP contribution in [0.5, 0.6) is 0 Å². The Bertz CT molecular complexity index is 1090. The van der Waals surface area contributed by atoms with Crippen molar-refractivity contribution in [1.82, 2.24) is 4.57 Å². The van der Waals surface area contributed by atoms with Gasteiger partial charge in [-0.05, 0) is 48.5 Å². The van der Waals surface area contributed by atoms with Crippen molar-refractivity contribution in [2.75, 3.05) is 5.32 Å². The van der Waals surface area contributed by atoms with E-state index in [1.54, 1.807) is 24.0 Å². The van der Waals surface area contributed by atoms with Gasteiger partial charge in [0.05, 0.1) is 5.69 Å². The zero-order valence-corrected chi connectivity index (χ0v) is 15.2. The normalized spacial score (nSPS) is 10.9. The molecule has 4 rings (SSSR count). The molecule has 0 unspecified atom stereocenters. The fraction of sp³-hybridized carbons (Fsp3) is 0.0455. The summed E-state index contributed by atoms with van der Waals surface area (Å²) in [5.74, 6) is -0.408. The summed E-state index contributed by atoms with van der Waals surface area (Å²) >= 11 is 1.61. The van der Waals surface area contributed by atoms with Gasteiger partial charge in [-0.3, -0.25) is 4.79 Å². The van der Waals surface area contributed by atoms with Crippen LogP contribution in [0.4, 0.5) is 10.1 Å². The molecule has 0 atom stereocenters. The van der Waals surface area contributed by atoms with Crippen molar-refractivity contribution in [3.05, 3.63) is 90.9 Å². The van der Waals surface area contributed by atoms with Crippen LogP contribution in [0.2, 0.25) is 0 Å². The minimum absolute atomic E-state index is 0.127. The van der Waals surface area contributed by atoms with Gasteiger partial charge in [-0.1, -0.05) is 42.1 Å². The van der Waals surface area contributed by atoms with E-state index in [0.29, 0.717) is 0 Å². The van der Waals surface area contributed by atoms with Crippen molar-refractivity contribution >= 4 is 34.3 Å². The van der Waals surface area contributed by atoms with Crippen LogP contribution in [-0.2, 0) is 11.3 Å². The second-order valence-corrected chi connectivity index (χ2v) is 7.22. The van der Waals surface area contributed by atoms with Crippen LogP contribution < -0.4 is 5.32 Å². The maximum Gasteiger partial charge on any atom is 0.244 e. The van der Waals surface area contributed by atoms with Gasteiger partial charge in [0.1, 0.15) is 12.4 Å². The Morgan fingerprint density at radius 3 is 2.59 bits per heavy atom. The Morgan fingerprint density at radius 2 is 1.74 bits per heavy atom. The molecule has 1 heterocycles. The third-order valence-electron chi connectivity index (χ3n) is 4.18. The molecular weight excluding hydrogens is 359 g/mol. The quantitative estimate of drug-likeness (QED) is 0.494. The van der Waals surface area contributed by atoms with Crippen molar-refractivity contribution in [3.63, 3.8) is 0 Å². The maximum atomic E-state index is 13.3. The number of fused-ring (bicyclic) bond motifs is 1. The van der Waals surface area contributed by atoms with Gasteiger partial charge in [-0.25, -0.2) is 4.39 Å². The summed E-state index contributed by atoms with van der Waals surface area (Å²) in [4.78, 5) is 14.7. The van der Waals surface area contributed by atoms with E-state index in [4.69, 9.17) is 0 Å². The molecule has 0 aliphatic heterocycles. The summed E-state index contributed by atoms with van der Waals surface area (Å²) in [5, 5.41) is 3.77. The van der Waals surface area contributed by atoms with Gasteiger partial charge in [0.2, 0.25) is 5.91 Å². The van der Waals surface area contributed by atoms with Gasteiger partial charge in [0, 0.05) is 26.9 Å². The first-order valence-electron chi connectivity index (χ1n) is 8.55. The molecule has 134 valence electrons. The zero-order valence-electron chi connectivity index (χ0n) is 14.4. The molecule has 0 fully saturated rings. The average molecular weight is 376 g/mol. The molecule has 3 nitrogen and oxygen atoms in total. The molecule has 1 aromatic heterocycles. The molecule has 5 heteroatoms. The Labute approximate surface area is 160 Å². The SMILES string of the molecule is O=C(Cn1ccc2cc(F)ccc21)Nc1ccccc1Sc1ccccc1. The highest BCUT2D eigenvalue weighted by Crippen LogP contribution is 2.33. The molecule has 0 bridgehead atoms. The van der Waals surface area contributed by atoms with E-state index in [1.165, 1.54) is 12.1 Å². The highest BCUT2D eigenvalue weighted by atomic mass is 32.2. The van der Waals surface area contributed by atoms with Gasteiger partial charge in [0.15, 0.2) is 0 Å². The predicted octanol–water partition coefficient (Wildman–Crippen LogP) is 5.57. The predicted molar refractivity (Wildman–Crippen MR) is 108 cm³/mol. The van der Waals surface area contributed by atoms with Crippen LogP contribution in [0.25, 0.3) is 10.9 Å². The lowest BCUT2D eigenvalue weighted by Crippen LogP contribution is -2.18. The van der Waals surface area contributed by atoms with Crippen molar-refractivity contribution in [1.29, 1.82) is 0 Å². The van der Waals surface area contributed by atoms with Crippen LogP contribution >= 0.6 is 11.8 Å². The number of hydrogen-bond acceptors (Lipinski definition) is 2. The number of nitrogens with one attached hydrogen (secondary N) is 1. The topological polar surface area (TPSA) is 34.0 Å². The van der Waals surface area contributed by atoms with Crippen molar-refractivity contribution in [3.8, 4) is 0 Å². The lowest BCUT2D eigenvalue weighted by atomic mass is 10.2. The number of halogens is 1. The number of para-hydroxylation sites is 1. The number of aromatic nitrogens is 1. The molecule has 0 aliphatic rings. The van der Waals surface area contributed by atoms with Crippen molar-refractivity contribution < 1.29 is 9.18 Å². The van der Waals surface area contributed by atoms with Crippen LogP contribution in [0.3, 0.4) is 0 Å². The summed E-state index contributed by atoms with van der Waals surface area (Å²) in [6.45, 7) is 0.166. The molecule has 0 spiro atoms. The van der Waals surface area contributed by atoms with Crippen molar-refractivity contribution in [2.24, 2.45) is 0 Å². The Balaban J connectivity index is 1.51. The average Bonchev–Trinajstić information content (AvgIpc) is 3.06. The Kier molecular flexibility index (Phi) is 4.94. The first-order valence-corrected chi connectivity index (χ1v) is 9.37. The summed E-state index contributed by atoms with van der Waals surface area (Å²) in [6, 6.07) is 24.1. The third-order valence-corrected chi connectivity index (χ3v) is 5.26. The molecule has 0 saturated carbocycles. The molecule has 0 saturated heterocycles. The van der Waals surface area contributed by atoms with E-state index < -0.39 is 0 Å². The molecule has 27 heavy (non-hydrogen) atoms. The summed E-state index contributed by atoms with van der Waals surface area (Å²) in [5.41, 5.74) is 1.61. The number of carbonyl (C=O) groups excluding carboxylic acids is 1. The van der Waals surface area contributed by atoms with Crippen LogP contribution in [-0.4, -0.2) is 10.5 Å². The van der Waals surface area contributed by atoms with E-state index >= 15 is 0 Å². The molecule has 4 aromatic rings. The minimum atomic E-state index is -0.281. The fourth-order valence-corrected chi connectivity index (χ4v) is 3.85. The fourth-order valence-electron chi connectivity index (χ4n) is 2.93. The number of anilines is 1. The highest BCUT2D eigenvalue weighted by Gasteiger charge is 2.10. The van der Waals surface area contributed by atoms with Crippen LogP contribution in [0, 0.1) is 5.82 Å². The Morgan fingerprint density at radius 1 is 0.963 bits per heavy atom. The first-order chi connectivity index (χ1) is 13.2. The van der Waals surface area contributed by atoms with E-state index in [0.717, 1.165) is 26.4 Å². The number of carbonyl (C=O) groups is 1. The number of amides is 1. The summed E-state index contributed by atoms with van der Waals surface area (Å²) in [7, 11) is 0. The standard InChI is InChI=1S/C22H17FN2OS/c23-17-10-11-20-16(14-17)12-13-25(20)15-22(26)24-19-8-4-5-9-21(19)27-18-6-2-1-3-7-18/h1-14H,15H2,(H,24,26). The molecular formula is C22H17FN2OS. The lowest BCUT2D eigenvalue weighted by molar-refractivity contribution is -0.116. The van der Waals surface area contributed by atoms with Gasteiger partial charge in [0.25, 0.3) is 0 Å². The smallest absolute Gasteiger partial charge is 0.244 e. The third kappa shape index (κ3) is 4.04. The number of nitrogens with zero attached hydrogens (tertiary/aromatic N) is 1. The number of rotatable bonds is 5. The first kappa shape index (κ1) is 17.4. The largest absolute Gasteiger partial charge is 0.338 e. The second-order valence-electron chi connectivity index (χ2n) is 6.11.